The highest BCUT2D eigenvalue weighted by Gasteiger charge is 2.10. The van der Waals surface area contributed by atoms with Crippen LogP contribution < -0.4 is 0 Å². The molecule has 3 aromatic rings. The molecule has 0 saturated carbocycles. The normalized spacial score (nSPS) is 11.0. The van der Waals surface area contributed by atoms with Crippen LogP contribution in [0.5, 0.6) is 0 Å². The molecule has 1 nitrogen and oxygen atoms in total. The summed E-state index contributed by atoms with van der Waals surface area (Å²) in [5, 5.41) is 9.08. The average Bonchev–Trinajstić information content (AvgIpc) is 2.72. The van der Waals surface area contributed by atoms with E-state index in [0.29, 0.717) is 0 Å². The van der Waals surface area contributed by atoms with Crippen molar-refractivity contribution in [2.24, 2.45) is 0 Å². The predicted molar refractivity (Wildman–Crippen MR) is 116 cm³/mol. The third-order valence-corrected chi connectivity index (χ3v) is 5.33. The molecule has 0 amide bonds. The molecule has 0 aromatic heterocycles. The molecule has 0 bridgehead atoms. The van der Waals surface area contributed by atoms with Crippen LogP contribution >= 0.6 is 0 Å². The predicted octanol–water partition coefficient (Wildman–Crippen LogP) is 6.38. The fraction of sp³-hybridized carbons (Fsp3) is 0.308. The topological polar surface area (TPSA) is 20.2 Å². The van der Waals surface area contributed by atoms with Gasteiger partial charge in [0.25, 0.3) is 0 Å². The molecule has 0 saturated heterocycles. The fourth-order valence-electron chi connectivity index (χ4n) is 3.73. The first-order chi connectivity index (χ1) is 13.2. The van der Waals surface area contributed by atoms with Crippen molar-refractivity contribution in [3.63, 3.8) is 0 Å². The summed E-state index contributed by atoms with van der Waals surface area (Å²) in [4.78, 5) is 0. The molecule has 3 aromatic carbocycles. The Morgan fingerprint density at radius 3 is 1.96 bits per heavy atom. The highest BCUT2D eigenvalue weighted by atomic mass is 16.2. The Balaban J connectivity index is 1.99. The van der Waals surface area contributed by atoms with Crippen LogP contribution in [-0.4, -0.2) is 11.7 Å². The largest absolute Gasteiger partial charge is 0.396 e. The first kappa shape index (κ1) is 19.4. The Bertz CT molecular complexity index is 891. The van der Waals surface area contributed by atoms with Gasteiger partial charge in [-0.15, -0.1) is 0 Å². The second kappa shape index (κ2) is 9.01. The van der Waals surface area contributed by atoms with Gasteiger partial charge >= 0.3 is 0 Å². The van der Waals surface area contributed by atoms with Gasteiger partial charge in [-0.2, -0.15) is 0 Å². The molecular formula is C26H30O. The molecule has 0 heterocycles. The Kier molecular flexibility index (Phi) is 6.47. The number of aliphatic hydroxyl groups is 1. The van der Waals surface area contributed by atoms with Crippen LogP contribution in [0.3, 0.4) is 0 Å². The maximum Gasteiger partial charge on any atom is 0.0434 e. The first-order valence-corrected chi connectivity index (χ1v) is 10.1. The monoisotopic (exact) mass is 358 g/mol. The summed E-state index contributed by atoms with van der Waals surface area (Å²) in [5.74, 6) is 0. The van der Waals surface area contributed by atoms with Crippen molar-refractivity contribution >= 4 is 0 Å². The van der Waals surface area contributed by atoms with Gasteiger partial charge in [0, 0.05) is 6.61 Å². The smallest absolute Gasteiger partial charge is 0.0434 e. The van der Waals surface area contributed by atoms with Gasteiger partial charge < -0.3 is 5.11 Å². The molecule has 0 aliphatic carbocycles. The molecule has 3 rings (SSSR count). The molecule has 0 fully saturated rings. The van der Waals surface area contributed by atoms with Crippen LogP contribution in [-0.2, 0) is 19.3 Å². The van der Waals surface area contributed by atoms with E-state index in [0.717, 1.165) is 25.7 Å². The molecule has 0 atom stereocenters. The third-order valence-electron chi connectivity index (χ3n) is 5.33. The van der Waals surface area contributed by atoms with Crippen molar-refractivity contribution in [3.8, 4) is 22.3 Å². The van der Waals surface area contributed by atoms with Crippen molar-refractivity contribution in [2.75, 3.05) is 6.61 Å². The van der Waals surface area contributed by atoms with Crippen LogP contribution in [0.15, 0.2) is 60.7 Å². The quantitative estimate of drug-likeness (QED) is 0.519. The van der Waals surface area contributed by atoms with E-state index in [1.165, 1.54) is 44.5 Å². The van der Waals surface area contributed by atoms with Crippen LogP contribution in [0.1, 0.15) is 42.5 Å². The lowest BCUT2D eigenvalue weighted by Gasteiger charge is -2.15. The van der Waals surface area contributed by atoms with E-state index in [4.69, 9.17) is 5.11 Å². The first-order valence-electron chi connectivity index (χ1n) is 10.1. The summed E-state index contributed by atoms with van der Waals surface area (Å²) in [7, 11) is 0. The highest BCUT2D eigenvalue weighted by Crippen LogP contribution is 2.32. The number of aryl methyl sites for hydroxylation is 4. The van der Waals surface area contributed by atoms with Gasteiger partial charge in [-0.05, 0) is 71.6 Å². The summed E-state index contributed by atoms with van der Waals surface area (Å²) in [5.41, 5.74) is 10.6. The number of aliphatic hydroxyl groups excluding tert-OH is 1. The molecule has 0 radical (unpaired) electrons. The minimum Gasteiger partial charge on any atom is -0.396 e. The SMILES string of the molecule is CCc1cc(CCCO)ccc1-c1ccc(-c2ccc(C)cc2)c(CC)c1. The minimum absolute atomic E-state index is 0.254. The number of rotatable bonds is 7. The molecular weight excluding hydrogens is 328 g/mol. The number of benzene rings is 3. The van der Waals surface area contributed by atoms with E-state index >= 15 is 0 Å². The molecule has 27 heavy (non-hydrogen) atoms. The van der Waals surface area contributed by atoms with Gasteiger partial charge in [-0.3, -0.25) is 0 Å². The standard InChI is InChI=1S/C26H30O/c1-4-21-17-20(7-6-16-27)10-14-26(21)24-13-15-25(22(5-2)18-24)23-11-8-19(3)9-12-23/h8-15,17-18,27H,4-7,16H2,1-3H3. The second-order valence-corrected chi connectivity index (χ2v) is 7.26. The van der Waals surface area contributed by atoms with E-state index < -0.39 is 0 Å². The summed E-state index contributed by atoms with van der Waals surface area (Å²) in [6, 6.07) is 22.5. The van der Waals surface area contributed by atoms with Crippen LogP contribution in [0.25, 0.3) is 22.3 Å². The highest BCUT2D eigenvalue weighted by molar-refractivity contribution is 5.75. The fourth-order valence-corrected chi connectivity index (χ4v) is 3.73. The summed E-state index contributed by atoms with van der Waals surface area (Å²) in [6.07, 6.45) is 3.81. The second-order valence-electron chi connectivity index (χ2n) is 7.26. The van der Waals surface area contributed by atoms with Crippen molar-refractivity contribution in [1.29, 1.82) is 0 Å². The van der Waals surface area contributed by atoms with Gasteiger partial charge in [0.05, 0.1) is 0 Å². The zero-order valence-electron chi connectivity index (χ0n) is 16.8. The summed E-state index contributed by atoms with van der Waals surface area (Å²) < 4.78 is 0. The number of hydrogen-bond donors (Lipinski definition) is 1. The van der Waals surface area contributed by atoms with Crippen molar-refractivity contribution in [1.82, 2.24) is 0 Å². The third kappa shape index (κ3) is 4.48. The van der Waals surface area contributed by atoms with Crippen molar-refractivity contribution in [3.05, 3.63) is 82.9 Å². The molecule has 0 spiro atoms. The van der Waals surface area contributed by atoms with E-state index in [1.54, 1.807) is 0 Å². The lowest BCUT2D eigenvalue weighted by atomic mass is 9.90. The van der Waals surface area contributed by atoms with Gasteiger partial charge in [-0.25, -0.2) is 0 Å². The summed E-state index contributed by atoms with van der Waals surface area (Å²) in [6.45, 7) is 6.83. The average molecular weight is 359 g/mol. The van der Waals surface area contributed by atoms with E-state index in [1.807, 2.05) is 0 Å². The molecule has 1 N–H and O–H groups in total. The van der Waals surface area contributed by atoms with Crippen LogP contribution in [0, 0.1) is 6.92 Å². The Morgan fingerprint density at radius 2 is 1.30 bits per heavy atom. The molecule has 0 aliphatic heterocycles. The van der Waals surface area contributed by atoms with Gasteiger partial charge in [0.2, 0.25) is 0 Å². The van der Waals surface area contributed by atoms with E-state index in [9.17, 15) is 0 Å². The van der Waals surface area contributed by atoms with Gasteiger partial charge in [0.1, 0.15) is 0 Å². The summed E-state index contributed by atoms with van der Waals surface area (Å²) >= 11 is 0. The van der Waals surface area contributed by atoms with Crippen molar-refractivity contribution < 1.29 is 5.11 Å². The maximum absolute atomic E-state index is 9.08. The van der Waals surface area contributed by atoms with Crippen LogP contribution in [0.2, 0.25) is 0 Å². The van der Waals surface area contributed by atoms with Crippen molar-refractivity contribution in [2.45, 2.75) is 46.5 Å². The Morgan fingerprint density at radius 1 is 0.704 bits per heavy atom. The molecule has 0 unspecified atom stereocenters. The zero-order chi connectivity index (χ0) is 19.2. The molecule has 140 valence electrons. The number of hydrogen-bond acceptors (Lipinski definition) is 1. The lowest BCUT2D eigenvalue weighted by Crippen LogP contribution is -1.95. The Hall–Kier alpha value is -2.38. The maximum atomic E-state index is 9.08. The zero-order valence-corrected chi connectivity index (χ0v) is 16.8. The minimum atomic E-state index is 0.254. The Labute approximate surface area is 163 Å². The van der Waals surface area contributed by atoms with Gasteiger partial charge in [0.15, 0.2) is 0 Å². The van der Waals surface area contributed by atoms with Gasteiger partial charge in [-0.1, -0.05) is 80.1 Å². The molecule has 1 heteroatoms. The molecule has 0 aliphatic rings. The van der Waals surface area contributed by atoms with E-state index in [2.05, 4.69) is 81.4 Å². The van der Waals surface area contributed by atoms with Crippen LogP contribution in [0.4, 0.5) is 0 Å². The van der Waals surface area contributed by atoms with E-state index in [-0.39, 0.29) is 6.61 Å². The lowest BCUT2D eigenvalue weighted by molar-refractivity contribution is 0.288.